The Bertz CT molecular complexity index is 232. The highest BCUT2D eigenvalue weighted by Crippen LogP contribution is 2.34. The Labute approximate surface area is 68.9 Å². The second-order valence-electron chi connectivity index (χ2n) is 3.85. The standard InChI is InChI=1S/C10H15N/c1-8-5-6-10(3,11-4)7-9(8)2/h5-7H2,1-3H3. The molecule has 1 atom stereocenters. The van der Waals surface area contributed by atoms with Crippen LogP contribution in [0.4, 0.5) is 0 Å². The molecule has 0 spiro atoms. The zero-order valence-electron chi connectivity index (χ0n) is 7.57. The van der Waals surface area contributed by atoms with Gasteiger partial charge < -0.3 is 4.85 Å². The smallest absolute Gasteiger partial charge is 0.233 e. The average Bonchev–Trinajstić information content (AvgIpc) is 1.98. The van der Waals surface area contributed by atoms with Gasteiger partial charge in [-0.25, -0.2) is 6.57 Å². The molecule has 1 aliphatic carbocycles. The summed E-state index contributed by atoms with van der Waals surface area (Å²) in [6, 6.07) is 0. The minimum absolute atomic E-state index is 0.0937. The third kappa shape index (κ3) is 1.63. The quantitative estimate of drug-likeness (QED) is 0.368. The highest BCUT2D eigenvalue weighted by molar-refractivity contribution is 5.20. The number of rotatable bonds is 0. The zero-order chi connectivity index (χ0) is 8.48. The van der Waals surface area contributed by atoms with Crippen LogP contribution in [0.3, 0.4) is 0 Å². The summed E-state index contributed by atoms with van der Waals surface area (Å²) in [7, 11) is 0. The minimum Gasteiger partial charge on any atom is -0.310 e. The van der Waals surface area contributed by atoms with Gasteiger partial charge in [0.05, 0.1) is 0 Å². The lowest BCUT2D eigenvalue weighted by molar-refractivity contribution is 0.474. The van der Waals surface area contributed by atoms with E-state index < -0.39 is 0 Å². The van der Waals surface area contributed by atoms with Gasteiger partial charge in [0.15, 0.2) is 0 Å². The van der Waals surface area contributed by atoms with Crippen LogP contribution >= 0.6 is 0 Å². The van der Waals surface area contributed by atoms with Crippen LogP contribution in [0.5, 0.6) is 0 Å². The van der Waals surface area contributed by atoms with E-state index in [1.807, 2.05) is 0 Å². The van der Waals surface area contributed by atoms with Gasteiger partial charge in [0.25, 0.3) is 0 Å². The first-order valence-corrected chi connectivity index (χ1v) is 4.11. The van der Waals surface area contributed by atoms with Crippen molar-refractivity contribution < 1.29 is 0 Å². The van der Waals surface area contributed by atoms with Crippen LogP contribution in [-0.4, -0.2) is 5.54 Å². The predicted octanol–water partition coefficient (Wildman–Crippen LogP) is 3.18. The van der Waals surface area contributed by atoms with Crippen molar-refractivity contribution in [3.05, 3.63) is 22.6 Å². The minimum atomic E-state index is -0.0937. The largest absolute Gasteiger partial charge is 0.310 e. The first-order valence-electron chi connectivity index (χ1n) is 4.11. The molecule has 0 aromatic rings. The molecule has 0 saturated carbocycles. The highest BCUT2D eigenvalue weighted by atomic mass is 14.8. The van der Waals surface area contributed by atoms with Gasteiger partial charge in [-0.1, -0.05) is 11.1 Å². The van der Waals surface area contributed by atoms with E-state index in [0.717, 1.165) is 19.3 Å². The van der Waals surface area contributed by atoms with E-state index in [1.54, 1.807) is 0 Å². The summed E-state index contributed by atoms with van der Waals surface area (Å²) in [6.45, 7) is 13.4. The Balaban J connectivity index is 2.81. The summed E-state index contributed by atoms with van der Waals surface area (Å²) in [4.78, 5) is 3.68. The summed E-state index contributed by atoms with van der Waals surface area (Å²) in [5.74, 6) is 0. The molecule has 0 fully saturated rings. The van der Waals surface area contributed by atoms with Crippen molar-refractivity contribution in [1.29, 1.82) is 0 Å². The average molecular weight is 149 g/mol. The van der Waals surface area contributed by atoms with Crippen LogP contribution in [0, 0.1) is 6.57 Å². The molecule has 1 unspecified atom stereocenters. The fraction of sp³-hybridized carbons (Fsp3) is 0.700. The SMILES string of the molecule is [C-]#[N+]C1(C)CCC(C)=C(C)C1. The Morgan fingerprint density at radius 3 is 2.45 bits per heavy atom. The first-order chi connectivity index (χ1) is 5.07. The topological polar surface area (TPSA) is 4.36 Å². The van der Waals surface area contributed by atoms with Crippen LogP contribution in [0.15, 0.2) is 11.1 Å². The third-order valence-electron chi connectivity index (χ3n) is 2.68. The molecule has 0 heterocycles. The number of nitrogens with zero attached hydrogens (tertiary/aromatic N) is 1. The van der Waals surface area contributed by atoms with Crippen molar-refractivity contribution in [3.63, 3.8) is 0 Å². The molecular formula is C10H15N. The van der Waals surface area contributed by atoms with E-state index in [2.05, 4.69) is 25.6 Å². The molecule has 11 heavy (non-hydrogen) atoms. The Kier molecular flexibility index (Phi) is 2.04. The molecule has 0 radical (unpaired) electrons. The van der Waals surface area contributed by atoms with Crippen LogP contribution in [0.2, 0.25) is 0 Å². The molecule has 0 saturated heterocycles. The maximum Gasteiger partial charge on any atom is 0.233 e. The van der Waals surface area contributed by atoms with Gasteiger partial charge in [-0.3, -0.25) is 0 Å². The van der Waals surface area contributed by atoms with E-state index in [4.69, 9.17) is 6.57 Å². The number of allylic oxidation sites excluding steroid dienone is 1. The second-order valence-corrected chi connectivity index (χ2v) is 3.85. The molecular weight excluding hydrogens is 134 g/mol. The molecule has 0 aromatic heterocycles. The summed E-state index contributed by atoms with van der Waals surface area (Å²) >= 11 is 0. The normalized spacial score (nSPS) is 31.8. The molecule has 60 valence electrons. The van der Waals surface area contributed by atoms with Crippen LogP contribution in [0.1, 0.15) is 40.0 Å². The Hall–Kier alpha value is -0.770. The molecule has 0 aromatic carbocycles. The highest BCUT2D eigenvalue weighted by Gasteiger charge is 2.33. The van der Waals surface area contributed by atoms with E-state index in [1.165, 1.54) is 11.1 Å². The van der Waals surface area contributed by atoms with Crippen molar-refractivity contribution in [2.45, 2.75) is 45.6 Å². The Morgan fingerprint density at radius 2 is 2.00 bits per heavy atom. The molecule has 0 N–H and O–H groups in total. The van der Waals surface area contributed by atoms with Crippen molar-refractivity contribution in [3.8, 4) is 0 Å². The fourth-order valence-electron chi connectivity index (χ4n) is 1.58. The molecule has 0 aliphatic heterocycles. The lowest BCUT2D eigenvalue weighted by Gasteiger charge is -2.24. The van der Waals surface area contributed by atoms with Crippen molar-refractivity contribution in [2.24, 2.45) is 0 Å². The van der Waals surface area contributed by atoms with Crippen LogP contribution < -0.4 is 0 Å². The maximum absolute atomic E-state index is 7.05. The lowest BCUT2D eigenvalue weighted by Crippen LogP contribution is -2.23. The zero-order valence-corrected chi connectivity index (χ0v) is 7.57. The van der Waals surface area contributed by atoms with Gasteiger partial charge in [-0.15, -0.1) is 0 Å². The van der Waals surface area contributed by atoms with Crippen molar-refractivity contribution in [2.75, 3.05) is 0 Å². The first kappa shape index (κ1) is 8.33. The van der Waals surface area contributed by atoms with E-state index in [9.17, 15) is 0 Å². The maximum atomic E-state index is 7.05. The number of hydrogen-bond donors (Lipinski definition) is 0. The summed E-state index contributed by atoms with van der Waals surface area (Å²) in [5, 5.41) is 0. The van der Waals surface area contributed by atoms with Crippen LogP contribution in [0.25, 0.3) is 4.85 Å². The van der Waals surface area contributed by atoms with E-state index in [-0.39, 0.29) is 5.54 Å². The monoisotopic (exact) mass is 149 g/mol. The Morgan fingerprint density at radius 1 is 1.36 bits per heavy atom. The van der Waals surface area contributed by atoms with Crippen molar-refractivity contribution in [1.82, 2.24) is 0 Å². The lowest BCUT2D eigenvalue weighted by atomic mass is 9.81. The van der Waals surface area contributed by atoms with Gasteiger partial charge in [-0.2, -0.15) is 0 Å². The number of hydrogen-bond acceptors (Lipinski definition) is 0. The molecule has 0 bridgehead atoms. The van der Waals surface area contributed by atoms with Gasteiger partial charge in [0, 0.05) is 19.8 Å². The molecule has 1 rings (SSSR count). The molecule has 1 heteroatoms. The second kappa shape index (κ2) is 2.70. The fourth-order valence-corrected chi connectivity index (χ4v) is 1.58. The van der Waals surface area contributed by atoms with Crippen molar-refractivity contribution >= 4 is 0 Å². The van der Waals surface area contributed by atoms with E-state index in [0.29, 0.717) is 0 Å². The van der Waals surface area contributed by atoms with E-state index >= 15 is 0 Å². The molecule has 1 nitrogen and oxygen atoms in total. The third-order valence-corrected chi connectivity index (χ3v) is 2.68. The molecule has 0 amide bonds. The van der Waals surface area contributed by atoms with Gasteiger partial charge in [0.1, 0.15) is 0 Å². The summed E-state index contributed by atoms with van der Waals surface area (Å²) in [6.07, 6.45) is 3.13. The van der Waals surface area contributed by atoms with Gasteiger partial charge in [0.2, 0.25) is 5.54 Å². The van der Waals surface area contributed by atoms with Gasteiger partial charge >= 0.3 is 0 Å². The molecule has 1 aliphatic rings. The predicted molar refractivity (Wildman–Crippen MR) is 47.2 cm³/mol. The summed E-state index contributed by atoms with van der Waals surface area (Å²) < 4.78 is 0. The van der Waals surface area contributed by atoms with Gasteiger partial charge in [-0.05, 0) is 20.3 Å². The van der Waals surface area contributed by atoms with Crippen LogP contribution in [-0.2, 0) is 0 Å². The summed E-state index contributed by atoms with van der Waals surface area (Å²) in [5.41, 5.74) is 2.82.